The number of hydrogen-bond donors (Lipinski definition) is 2. The number of aryl methyl sites for hydroxylation is 1. The molecule has 0 spiro atoms. The van der Waals surface area contributed by atoms with E-state index in [1.54, 1.807) is 7.05 Å². The molecule has 14 nitrogen and oxygen atoms in total. The van der Waals surface area contributed by atoms with Crippen molar-refractivity contribution < 1.29 is 38.5 Å². The summed E-state index contributed by atoms with van der Waals surface area (Å²) in [5, 5.41) is 24.1. The highest BCUT2D eigenvalue weighted by molar-refractivity contribution is 8.01. The summed E-state index contributed by atoms with van der Waals surface area (Å²) in [7, 11) is 2.97. The number of nitrogens with zero attached hydrogens (tertiary/aromatic N) is 5. The fraction of sp³-hybridized carbons (Fsp3) is 0.196. The first-order chi connectivity index (χ1) is 30.2. The molecule has 1 fully saturated rings. The van der Waals surface area contributed by atoms with Crippen molar-refractivity contribution in [2.75, 3.05) is 18.6 Å². The monoisotopic (exact) mass is 868 g/mol. The second-order valence-electron chi connectivity index (χ2n) is 14.4. The maximum Gasteiger partial charge on any atom is 0.356 e. The van der Waals surface area contributed by atoms with Gasteiger partial charge in [0.15, 0.2) is 18.1 Å². The van der Waals surface area contributed by atoms with E-state index in [0.29, 0.717) is 21.9 Å². The number of tetrazole rings is 1. The number of nitrogens with one attached hydrogen (secondary N) is 1. The van der Waals surface area contributed by atoms with Crippen molar-refractivity contribution in [3.63, 3.8) is 0 Å². The van der Waals surface area contributed by atoms with E-state index in [0.717, 1.165) is 11.1 Å². The molecule has 16 heteroatoms. The molecule has 3 heterocycles. The number of phenolic OH excluding ortho intramolecular Hbond substituents is 1. The van der Waals surface area contributed by atoms with Gasteiger partial charge in [0.1, 0.15) is 16.8 Å². The highest BCUT2D eigenvalue weighted by Gasteiger charge is 2.67. The molecule has 0 saturated carbocycles. The van der Waals surface area contributed by atoms with Crippen LogP contribution in [-0.2, 0) is 40.4 Å². The largest absolute Gasteiger partial charge is 0.508 e. The third-order valence-corrected chi connectivity index (χ3v) is 13.0. The molecule has 5 aromatic carbocycles. The molecule has 1 aromatic heterocycles. The summed E-state index contributed by atoms with van der Waals surface area (Å²) in [5.41, 5.74) is 1.56. The van der Waals surface area contributed by atoms with Crippen LogP contribution < -0.4 is 5.32 Å². The number of thioether (sulfide) groups is 2. The maximum atomic E-state index is 14.7. The number of ether oxygens (including phenoxy) is 3. The Hall–Kier alpha value is -6.75. The van der Waals surface area contributed by atoms with Gasteiger partial charge in [-0.05, 0) is 55.9 Å². The van der Waals surface area contributed by atoms with Crippen molar-refractivity contribution in [2.45, 2.75) is 34.4 Å². The average molecular weight is 869 g/mol. The summed E-state index contributed by atoms with van der Waals surface area (Å²) >= 11 is 2.56. The van der Waals surface area contributed by atoms with Gasteiger partial charge in [0.05, 0.1) is 0 Å². The Morgan fingerprint density at radius 1 is 0.790 bits per heavy atom. The zero-order valence-electron chi connectivity index (χ0n) is 33.4. The molecule has 62 heavy (non-hydrogen) atoms. The summed E-state index contributed by atoms with van der Waals surface area (Å²) in [4.78, 5) is 59.7. The van der Waals surface area contributed by atoms with E-state index in [1.807, 2.05) is 121 Å². The lowest BCUT2D eigenvalue weighted by atomic mass is 9.93. The predicted molar refractivity (Wildman–Crippen MR) is 230 cm³/mol. The van der Waals surface area contributed by atoms with E-state index in [-0.39, 0.29) is 28.5 Å². The topological polar surface area (TPSA) is 175 Å². The number of carbonyl (C=O) groups is 4. The first-order valence-electron chi connectivity index (χ1n) is 19.5. The van der Waals surface area contributed by atoms with Gasteiger partial charge in [-0.1, -0.05) is 145 Å². The van der Waals surface area contributed by atoms with Gasteiger partial charge in [-0.25, -0.2) is 9.48 Å². The van der Waals surface area contributed by atoms with Crippen LogP contribution in [0.1, 0.15) is 45.9 Å². The molecule has 2 N–H and O–H groups in total. The number of aromatic hydroxyl groups is 1. The lowest BCUT2D eigenvalue weighted by molar-refractivity contribution is -0.194. The number of hydrogen-bond acceptors (Lipinski definition) is 13. The van der Waals surface area contributed by atoms with E-state index in [1.165, 1.54) is 64.5 Å². The summed E-state index contributed by atoms with van der Waals surface area (Å²) in [6.45, 7) is 0. The summed E-state index contributed by atoms with van der Waals surface area (Å²) in [6, 6.07) is 42.4. The van der Waals surface area contributed by atoms with Gasteiger partial charge in [0.2, 0.25) is 11.1 Å². The van der Waals surface area contributed by atoms with Crippen LogP contribution >= 0.6 is 23.5 Å². The Labute approximate surface area is 365 Å². The summed E-state index contributed by atoms with van der Waals surface area (Å²) in [6.07, 6.45) is -1.70. The number of carbonyl (C=O) groups excluding carboxylic acids is 4. The van der Waals surface area contributed by atoms with Crippen molar-refractivity contribution >= 4 is 47.3 Å². The quantitative estimate of drug-likeness (QED) is 0.0400. The minimum atomic E-state index is -2.01. The van der Waals surface area contributed by atoms with Crippen LogP contribution in [0.3, 0.4) is 0 Å². The molecule has 2 aliphatic heterocycles. The van der Waals surface area contributed by atoms with Crippen LogP contribution in [0.5, 0.6) is 5.75 Å². The van der Waals surface area contributed by atoms with Gasteiger partial charge < -0.3 is 24.6 Å². The zero-order valence-corrected chi connectivity index (χ0v) is 35.1. The molecule has 3 atom stereocenters. The van der Waals surface area contributed by atoms with Crippen molar-refractivity contribution in [1.82, 2.24) is 30.4 Å². The molecule has 0 aliphatic carbocycles. The molecule has 0 radical (unpaired) electrons. The average Bonchev–Trinajstić information content (AvgIpc) is 3.73. The molecule has 8 rings (SSSR count). The van der Waals surface area contributed by atoms with E-state index in [4.69, 9.17) is 14.2 Å². The fourth-order valence-corrected chi connectivity index (χ4v) is 9.80. The van der Waals surface area contributed by atoms with Crippen molar-refractivity contribution in [3.8, 4) is 5.75 Å². The molecule has 2 aliphatic rings. The molecular weight excluding hydrogens is 829 g/mol. The van der Waals surface area contributed by atoms with E-state index < -0.39 is 53.0 Å². The second kappa shape index (κ2) is 18.5. The Morgan fingerprint density at radius 3 is 1.79 bits per heavy atom. The Kier molecular flexibility index (Phi) is 12.5. The lowest BCUT2D eigenvalue weighted by Crippen LogP contribution is -2.81. The van der Waals surface area contributed by atoms with Crippen LogP contribution in [0.25, 0.3) is 0 Å². The van der Waals surface area contributed by atoms with Crippen LogP contribution in [0, 0.1) is 0 Å². The van der Waals surface area contributed by atoms with Crippen molar-refractivity contribution in [2.24, 2.45) is 7.05 Å². The highest BCUT2D eigenvalue weighted by Crippen LogP contribution is 2.48. The first kappa shape index (κ1) is 42.0. The smallest absolute Gasteiger partial charge is 0.356 e. The van der Waals surface area contributed by atoms with Gasteiger partial charge in [0, 0.05) is 25.7 Å². The van der Waals surface area contributed by atoms with Gasteiger partial charge in [-0.15, -0.1) is 16.9 Å². The van der Waals surface area contributed by atoms with Crippen LogP contribution in [0.4, 0.5) is 0 Å². The van der Waals surface area contributed by atoms with Crippen molar-refractivity contribution in [3.05, 3.63) is 185 Å². The Morgan fingerprint density at radius 2 is 1.31 bits per heavy atom. The molecule has 1 saturated heterocycles. The number of rotatable bonds is 15. The maximum absolute atomic E-state index is 14.7. The van der Waals surface area contributed by atoms with Gasteiger partial charge in [-0.2, -0.15) is 0 Å². The SMILES string of the molecule is CO[C@@]1(NC(=O)C(C(=O)OC(c2ccccc2)c2ccccc2)c2ccc(O)cc2)C(=O)N2C(C(=O)OC(c3ccccc3)c3ccccc3)=C(CSc3nnnn3C)CS[C@H]21. The number of phenols is 1. The number of methoxy groups -OCH3 is 1. The number of fused-ring (bicyclic) bond motifs is 1. The van der Waals surface area contributed by atoms with Crippen LogP contribution in [0.15, 0.2) is 162 Å². The number of aromatic nitrogens is 4. The minimum absolute atomic E-state index is 0.00298. The second-order valence-corrected chi connectivity index (χ2v) is 16.4. The Balaban J connectivity index is 1.11. The predicted octanol–water partition coefficient (Wildman–Crippen LogP) is 6.09. The summed E-state index contributed by atoms with van der Waals surface area (Å²) in [5.74, 6) is -4.55. The van der Waals surface area contributed by atoms with Crippen LogP contribution in [-0.4, -0.2) is 83.7 Å². The third kappa shape index (κ3) is 8.44. The zero-order chi connectivity index (χ0) is 43.2. The van der Waals surface area contributed by atoms with Crippen LogP contribution in [0.2, 0.25) is 0 Å². The van der Waals surface area contributed by atoms with Crippen molar-refractivity contribution in [1.29, 1.82) is 0 Å². The molecule has 314 valence electrons. The number of benzene rings is 5. The van der Waals surface area contributed by atoms with E-state index >= 15 is 0 Å². The fourth-order valence-electron chi connectivity index (χ4n) is 7.37. The van der Waals surface area contributed by atoms with E-state index in [2.05, 4.69) is 20.8 Å². The minimum Gasteiger partial charge on any atom is -0.508 e. The summed E-state index contributed by atoms with van der Waals surface area (Å²) < 4.78 is 19.9. The Bertz CT molecular complexity index is 2500. The molecule has 1 unspecified atom stereocenters. The highest BCUT2D eigenvalue weighted by atomic mass is 32.2. The molecule has 2 amide bonds. The van der Waals surface area contributed by atoms with E-state index in [9.17, 15) is 24.3 Å². The third-order valence-electron chi connectivity index (χ3n) is 10.5. The molecule has 0 bridgehead atoms. The number of β-lactam (4-membered cyclic amide) rings is 1. The molecule has 6 aromatic rings. The number of amides is 2. The van der Waals surface area contributed by atoms with Gasteiger partial charge in [0.25, 0.3) is 11.6 Å². The standard InChI is InChI=1S/C46H40N6O8S2/c1-51-45(48-49-50-51)62-28-34-27-61-44-46(58-2,43(57)52(44)37(34)42(56)60-39(32-19-11-5-12-20-32)33-21-13-6-14-22-33)47-40(54)36(29-23-25-35(53)26-24-29)41(55)59-38(30-15-7-3-8-16-30)31-17-9-4-10-18-31/h3-26,36,38-39,44,53H,27-28H2,1-2H3,(H,47,54)/t36?,44-,46-/m0/s1. The lowest BCUT2D eigenvalue weighted by Gasteiger charge is -2.56. The molecular formula is C46H40N6O8S2. The normalized spacial score (nSPS) is 17.6. The van der Waals surface area contributed by atoms with Gasteiger partial charge >= 0.3 is 11.9 Å². The number of esters is 2. The first-order valence-corrected chi connectivity index (χ1v) is 21.5. The van der Waals surface area contributed by atoms with Gasteiger partial charge in [-0.3, -0.25) is 19.3 Å².